The van der Waals surface area contributed by atoms with Gasteiger partial charge in [0.1, 0.15) is 0 Å². The summed E-state index contributed by atoms with van der Waals surface area (Å²) in [6.07, 6.45) is 2.18. The molecule has 0 heterocycles. The summed E-state index contributed by atoms with van der Waals surface area (Å²) in [7, 11) is 0. The highest BCUT2D eigenvalue weighted by Crippen LogP contribution is 2.52. The van der Waals surface area contributed by atoms with Crippen molar-refractivity contribution in [2.75, 3.05) is 0 Å². The third kappa shape index (κ3) is 1.58. The Labute approximate surface area is 132 Å². The average molecular weight is 286 g/mol. The molecular weight excluding hydrogens is 264 g/mol. The maximum absolute atomic E-state index is 2.32. The summed E-state index contributed by atoms with van der Waals surface area (Å²) in [6, 6.07) is 13.8. The summed E-state index contributed by atoms with van der Waals surface area (Å²) in [5.74, 6) is 0. The molecule has 110 valence electrons. The first-order valence-electron chi connectivity index (χ1n) is 8.35. The fourth-order valence-electron chi connectivity index (χ4n) is 4.12. The van der Waals surface area contributed by atoms with Gasteiger partial charge in [-0.3, -0.25) is 0 Å². The molecule has 22 heavy (non-hydrogen) atoms. The molecule has 0 aromatic heterocycles. The third-order valence-electron chi connectivity index (χ3n) is 5.24. The molecule has 0 N–H and O–H groups in total. The van der Waals surface area contributed by atoms with Gasteiger partial charge in [-0.15, -0.1) is 0 Å². The maximum atomic E-state index is 2.32. The molecule has 0 nitrogen and oxygen atoms in total. The van der Waals surface area contributed by atoms with Crippen LogP contribution in [0.15, 0.2) is 36.4 Å². The molecule has 0 fully saturated rings. The lowest BCUT2D eigenvalue weighted by Crippen LogP contribution is -1.90. The van der Waals surface area contributed by atoms with Crippen LogP contribution in [0.25, 0.3) is 33.0 Å². The topological polar surface area (TPSA) is 0 Å². The van der Waals surface area contributed by atoms with E-state index in [-0.39, 0.29) is 0 Å². The molecule has 0 bridgehead atoms. The van der Waals surface area contributed by atoms with Crippen LogP contribution < -0.4 is 0 Å². The van der Waals surface area contributed by atoms with Crippen LogP contribution in [0.3, 0.4) is 0 Å². The fourth-order valence-corrected chi connectivity index (χ4v) is 4.12. The second-order valence-electron chi connectivity index (χ2n) is 6.45. The molecule has 0 unspecified atom stereocenters. The molecule has 0 heteroatoms. The normalized spacial score (nSPS) is 12.0. The summed E-state index contributed by atoms with van der Waals surface area (Å²) >= 11 is 0. The first kappa shape index (κ1) is 13.6. The Morgan fingerprint density at radius 1 is 0.591 bits per heavy atom. The van der Waals surface area contributed by atoms with E-state index < -0.39 is 0 Å². The zero-order valence-corrected chi connectivity index (χ0v) is 13.9. The van der Waals surface area contributed by atoms with Crippen molar-refractivity contribution >= 4 is 10.8 Å². The molecule has 0 saturated heterocycles. The van der Waals surface area contributed by atoms with Crippen LogP contribution in [-0.2, 0) is 12.8 Å². The molecule has 0 aliphatic heterocycles. The van der Waals surface area contributed by atoms with E-state index >= 15 is 0 Å². The van der Waals surface area contributed by atoms with Gasteiger partial charge in [0.25, 0.3) is 0 Å². The SMILES string of the molecule is CCc1ccc2ccc(CC)c3c2c1-c1c(C)ccc(C)c1-3. The highest BCUT2D eigenvalue weighted by atomic mass is 14.3. The summed E-state index contributed by atoms with van der Waals surface area (Å²) in [6.45, 7) is 9.05. The Hall–Kier alpha value is -2.08. The van der Waals surface area contributed by atoms with E-state index in [0.29, 0.717) is 0 Å². The summed E-state index contributed by atoms with van der Waals surface area (Å²) in [5, 5.41) is 2.88. The van der Waals surface area contributed by atoms with Crippen LogP contribution in [0.2, 0.25) is 0 Å². The van der Waals surface area contributed by atoms with Crippen molar-refractivity contribution in [3.05, 3.63) is 58.7 Å². The van der Waals surface area contributed by atoms with Crippen molar-refractivity contribution in [3.8, 4) is 22.3 Å². The van der Waals surface area contributed by atoms with Crippen molar-refractivity contribution < 1.29 is 0 Å². The zero-order chi connectivity index (χ0) is 15.4. The van der Waals surface area contributed by atoms with E-state index in [2.05, 4.69) is 64.1 Å². The predicted octanol–water partition coefficient (Wildman–Crippen LogP) is 6.23. The number of rotatable bonds is 2. The van der Waals surface area contributed by atoms with Crippen LogP contribution in [-0.4, -0.2) is 0 Å². The maximum Gasteiger partial charge on any atom is -0.00206 e. The smallest absolute Gasteiger partial charge is 0.00206 e. The van der Waals surface area contributed by atoms with Gasteiger partial charge in [-0.25, -0.2) is 0 Å². The standard InChI is InChI=1S/C22H22/c1-5-15-9-11-17-12-10-16(6-2)21-19-14(4)8-7-13(3)18(19)20(15)22(17)21/h7-12H,5-6H2,1-4H3. The largest absolute Gasteiger partial charge is 0.0613 e. The minimum Gasteiger partial charge on any atom is -0.0613 e. The molecule has 1 aliphatic carbocycles. The Balaban J connectivity index is 2.30. The van der Waals surface area contributed by atoms with Crippen molar-refractivity contribution in [1.82, 2.24) is 0 Å². The van der Waals surface area contributed by atoms with Crippen molar-refractivity contribution in [2.24, 2.45) is 0 Å². The Morgan fingerprint density at radius 2 is 1.05 bits per heavy atom. The van der Waals surface area contributed by atoms with E-state index in [1.807, 2.05) is 0 Å². The average Bonchev–Trinajstić information content (AvgIpc) is 2.91. The summed E-state index contributed by atoms with van der Waals surface area (Å²) < 4.78 is 0. The number of hydrogen-bond acceptors (Lipinski definition) is 0. The van der Waals surface area contributed by atoms with E-state index in [9.17, 15) is 0 Å². The lowest BCUT2D eigenvalue weighted by molar-refractivity contribution is 1.14. The van der Waals surface area contributed by atoms with Crippen molar-refractivity contribution in [2.45, 2.75) is 40.5 Å². The van der Waals surface area contributed by atoms with Crippen LogP contribution in [0, 0.1) is 13.8 Å². The number of fused-ring (bicyclic) bond motifs is 3. The van der Waals surface area contributed by atoms with E-state index in [4.69, 9.17) is 0 Å². The van der Waals surface area contributed by atoms with E-state index in [0.717, 1.165) is 12.8 Å². The van der Waals surface area contributed by atoms with E-state index in [1.54, 1.807) is 0 Å². The minimum absolute atomic E-state index is 1.09. The Bertz CT molecular complexity index is 841. The van der Waals surface area contributed by atoms with Gasteiger partial charge in [0.15, 0.2) is 0 Å². The second-order valence-corrected chi connectivity index (χ2v) is 6.45. The molecule has 0 atom stereocenters. The van der Waals surface area contributed by atoms with E-state index in [1.165, 1.54) is 55.3 Å². The highest BCUT2D eigenvalue weighted by Gasteiger charge is 2.27. The summed E-state index contributed by atoms with van der Waals surface area (Å²) in [4.78, 5) is 0. The van der Waals surface area contributed by atoms with Crippen LogP contribution in [0.4, 0.5) is 0 Å². The quantitative estimate of drug-likeness (QED) is 0.410. The highest BCUT2D eigenvalue weighted by molar-refractivity contribution is 6.18. The van der Waals surface area contributed by atoms with Crippen LogP contribution >= 0.6 is 0 Å². The third-order valence-corrected chi connectivity index (χ3v) is 5.24. The minimum atomic E-state index is 1.09. The van der Waals surface area contributed by atoms with Gasteiger partial charge in [0.05, 0.1) is 0 Å². The van der Waals surface area contributed by atoms with Gasteiger partial charge in [-0.1, -0.05) is 50.2 Å². The monoisotopic (exact) mass is 286 g/mol. The van der Waals surface area contributed by atoms with Crippen LogP contribution in [0.5, 0.6) is 0 Å². The molecule has 1 aliphatic rings. The van der Waals surface area contributed by atoms with Gasteiger partial charge in [-0.05, 0) is 82.0 Å². The predicted molar refractivity (Wildman–Crippen MR) is 96.6 cm³/mol. The second kappa shape index (κ2) is 4.71. The molecule has 0 saturated carbocycles. The molecule has 3 aromatic carbocycles. The van der Waals surface area contributed by atoms with Gasteiger partial charge in [-0.2, -0.15) is 0 Å². The Kier molecular flexibility index (Phi) is 2.91. The molecule has 0 radical (unpaired) electrons. The number of benzene rings is 3. The van der Waals surface area contributed by atoms with Crippen LogP contribution in [0.1, 0.15) is 36.1 Å². The van der Waals surface area contributed by atoms with Crippen molar-refractivity contribution in [3.63, 3.8) is 0 Å². The first-order valence-corrected chi connectivity index (χ1v) is 8.35. The molecular formula is C22H22. The first-order chi connectivity index (χ1) is 10.7. The zero-order valence-electron chi connectivity index (χ0n) is 13.9. The molecule has 0 amide bonds. The van der Waals surface area contributed by atoms with Gasteiger partial charge in [0, 0.05) is 0 Å². The fraction of sp³-hybridized carbons (Fsp3) is 0.273. The molecule has 3 aromatic rings. The summed E-state index contributed by atoms with van der Waals surface area (Å²) in [5.41, 5.74) is 11.7. The number of aryl methyl sites for hydroxylation is 4. The number of hydrogen-bond donors (Lipinski definition) is 0. The Morgan fingerprint density at radius 3 is 1.45 bits per heavy atom. The van der Waals surface area contributed by atoms with Crippen molar-refractivity contribution in [1.29, 1.82) is 0 Å². The van der Waals surface area contributed by atoms with Gasteiger partial charge in [0.2, 0.25) is 0 Å². The molecule has 0 spiro atoms. The van der Waals surface area contributed by atoms with Gasteiger partial charge >= 0.3 is 0 Å². The van der Waals surface area contributed by atoms with Gasteiger partial charge < -0.3 is 0 Å². The lowest BCUT2D eigenvalue weighted by Gasteiger charge is -2.12. The lowest BCUT2D eigenvalue weighted by atomic mass is 9.92. The molecule has 4 rings (SSSR count).